The van der Waals surface area contributed by atoms with E-state index in [2.05, 4.69) is 5.32 Å². The van der Waals surface area contributed by atoms with Gasteiger partial charge in [0.25, 0.3) is 0 Å². The van der Waals surface area contributed by atoms with Gasteiger partial charge in [-0.05, 0) is 50.3 Å². The summed E-state index contributed by atoms with van der Waals surface area (Å²) in [6.07, 6.45) is 2.71. The fourth-order valence-corrected chi connectivity index (χ4v) is 3.34. The molecule has 1 rings (SSSR count). The molecule has 1 atom stereocenters. The lowest BCUT2D eigenvalue weighted by Crippen LogP contribution is -2.52. The Morgan fingerprint density at radius 2 is 2.05 bits per heavy atom. The topological polar surface area (TPSA) is 55.1 Å². The van der Waals surface area contributed by atoms with Crippen LogP contribution in [0.1, 0.15) is 33.1 Å². The molecule has 3 nitrogen and oxygen atoms in total. The number of benzene rings is 1. The van der Waals surface area contributed by atoms with Gasteiger partial charge in [0.05, 0.1) is 15.6 Å². The van der Waals surface area contributed by atoms with Gasteiger partial charge in [0.2, 0.25) is 5.91 Å². The Labute approximate surface area is 140 Å². The molecule has 1 unspecified atom stereocenters. The van der Waals surface area contributed by atoms with Gasteiger partial charge in [0.1, 0.15) is 0 Å². The van der Waals surface area contributed by atoms with Crippen LogP contribution in [0.3, 0.4) is 0 Å². The minimum atomic E-state index is -0.608. The highest BCUT2D eigenvalue weighted by molar-refractivity contribution is 7.99. The molecule has 6 heteroatoms. The van der Waals surface area contributed by atoms with Crippen LogP contribution in [-0.4, -0.2) is 23.7 Å². The summed E-state index contributed by atoms with van der Waals surface area (Å²) >= 11 is 13.6. The van der Waals surface area contributed by atoms with Gasteiger partial charge in [0.15, 0.2) is 0 Å². The van der Waals surface area contributed by atoms with E-state index in [-0.39, 0.29) is 5.91 Å². The number of unbranched alkanes of at least 4 members (excludes halogenated alkanes) is 1. The predicted molar refractivity (Wildman–Crippen MR) is 92.3 cm³/mol. The molecule has 0 spiro atoms. The van der Waals surface area contributed by atoms with Crippen molar-refractivity contribution in [3.63, 3.8) is 0 Å². The van der Waals surface area contributed by atoms with E-state index >= 15 is 0 Å². The van der Waals surface area contributed by atoms with Crippen molar-refractivity contribution in [3.05, 3.63) is 28.2 Å². The maximum absolute atomic E-state index is 11.5. The Morgan fingerprint density at radius 3 is 2.62 bits per heavy atom. The van der Waals surface area contributed by atoms with E-state index in [1.165, 1.54) is 0 Å². The van der Waals surface area contributed by atoms with Crippen molar-refractivity contribution in [1.82, 2.24) is 5.32 Å². The number of carbonyl (C=O) groups is 1. The van der Waals surface area contributed by atoms with E-state index in [0.29, 0.717) is 10.0 Å². The number of rotatable bonds is 9. The molecule has 1 aromatic carbocycles. The summed E-state index contributed by atoms with van der Waals surface area (Å²) in [5.74, 6) is 0.681. The van der Waals surface area contributed by atoms with Crippen LogP contribution in [-0.2, 0) is 4.79 Å². The molecule has 0 aliphatic heterocycles. The van der Waals surface area contributed by atoms with Crippen molar-refractivity contribution in [2.75, 3.05) is 12.3 Å². The number of hydrogen-bond acceptors (Lipinski definition) is 3. The largest absolute Gasteiger partial charge is 0.368 e. The summed E-state index contributed by atoms with van der Waals surface area (Å²) in [7, 11) is 0. The SMILES string of the molecule is CCNC(C)(CCCCSc1ccc(Cl)c(Cl)c1)C(N)=O. The monoisotopic (exact) mass is 348 g/mol. The van der Waals surface area contributed by atoms with Crippen LogP contribution < -0.4 is 11.1 Å². The van der Waals surface area contributed by atoms with Crippen molar-refractivity contribution >= 4 is 40.9 Å². The summed E-state index contributed by atoms with van der Waals surface area (Å²) in [6, 6.07) is 5.65. The van der Waals surface area contributed by atoms with E-state index in [0.717, 1.165) is 36.5 Å². The minimum Gasteiger partial charge on any atom is -0.368 e. The van der Waals surface area contributed by atoms with Crippen LogP contribution >= 0.6 is 35.0 Å². The van der Waals surface area contributed by atoms with Gasteiger partial charge in [0, 0.05) is 4.90 Å². The lowest BCUT2D eigenvalue weighted by molar-refractivity contribution is -0.124. The number of thioether (sulfide) groups is 1. The Bertz CT molecular complexity index is 485. The zero-order valence-electron chi connectivity index (χ0n) is 12.4. The number of hydrogen-bond donors (Lipinski definition) is 2. The maximum Gasteiger partial charge on any atom is 0.237 e. The van der Waals surface area contributed by atoms with Crippen molar-refractivity contribution in [2.24, 2.45) is 5.73 Å². The predicted octanol–water partition coefficient (Wildman–Crippen LogP) is 4.11. The van der Waals surface area contributed by atoms with E-state index in [4.69, 9.17) is 28.9 Å². The van der Waals surface area contributed by atoms with Crippen molar-refractivity contribution < 1.29 is 4.79 Å². The third-order valence-corrected chi connectivity index (χ3v) is 5.16. The molecule has 0 saturated heterocycles. The van der Waals surface area contributed by atoms with Crippen LogP contribution in [0.2, 0.25) is 10.0 Å². The van der Waals surface area contributed by atoms with Gasteiger partial charge < -0.3 is 11.1 Å². The van der Waals surface area contributed by atoms with Crippen LogP contribution in [0.5, 0.6) is 0 Å². The molecule has 0 aliphatic rings. The summed E-state index contributed by atoms with van der Waals surface area (Å²) in [5.41, 5.74) is 4.85. The molecule has 0 heterocycles. The first-order chi connectivity index (χ1) is 9.89. The molecule has 0 aliphatic carbocycles. The molecule has 0 bridgehead atoms. The van der Waals surface area contributed by atoms with E-state index < -0.39 is 5.54 Å². The summed E-state index contributed by atoms with van der Waals surface area (Å²) < 4.78 is 0. The van der Waals surface area contributed by atoms with Crippen molar-refractivity contribution in [1.29, 1.82) is 0 Å². The molecule has 1 aromatic rings. The average Bonchev–Trinajstić information content (AvgIpc) is 2.42. The summed E-state index contributed by atoms with van der Waals surface area (Å²) in [4.78, 5) is 12.6. The fraction of sp³-hybridized carbons (Fsp3) is 0.533. The normalized spacial score (nSPS) is 13.9. The standard InChI is InChI=1S/C15H22Cl2N2OS/c1-3-19-15(2,14(18)20)8-4-5-9-21-11-6-7-12(16)13(17)10-11/h6-7,10,19H,3-5,8-9H2,1-2H3,(H2,18,20). The maximum atomic E-state index is 11.5. The lowest BCUT2D eigenvalue weighted by atomic mass is 9.94. The van der Waals surface area contributed by atoms with Crippen molar-refractivity contribution in [2.45, 2.75) is 43.5 Å². The van der Waals surface area contributed by atoms with Gasteiger partial charge in [-0.2, -0.15) is 0 Å². The van der Waals surface area contributed by atoms with Gasteiger partial charge in [-0.15, -0.1) is 11.8 Å². The second-order valence-corrected chi connectivity index (χ2v) is 7.09. The first kappa shape index (κ1) is 18.6. The second kappa shape index (κ2) is 8.89. The number of carbonyl (C=O) groups excluding carboxylic acids is 1. The van der Waals surface area contributed by atoms with Crippen LogP contribution in [0.4, 0.5) is 0 Å². The van der Waals surface area contributed by atoms with Crippen LogP contribution in [0.25, 0.3) is 0 Å². The molecule has 1 amide bonds. The lowest BCUT2D eigenvalue weighted by Gasteiger charge is -2.26. The Morgan fingerprint density at radius 1 is 1.33 bits per heavy atom. The smallest absolute Gasteiger partial charge is 0.237 e. The molecule has 0 aromatic heterocycles. The van der Waals surface area contributed by atoms with E-state index in [9.17, 15) is 4.79 Å². The van der Waals surface area contributed by atoms with Gasteiger partial charge in [-0.3, -0.25) is 4.79 Å². The number of nitrogens with one attached hydrogen (secondary N) is 1. The highest BCUT2D eigenvalue weighted by atomic mass is 35.5. The molecular weight excluding hydrogens is 327 g/mol. The molecule has 3 N–H and O–H groups in total. The minimum absolute atomic E-state index is 0.290. The number of likely N-dealkylation sites (N-methyl/N-ethyl adjacent to an activating group) is 1. The third-order valence-electron chi connectivity index (χ3n) is 3.34. The molecule has 21 heavy (non-hydrogen) atoms. The van der Waals surface area contributed by atoms with Crippen molar-refractivity contribution in [3.8, 4) is 0 Å². The van der Waals surface area contributed by atoms with E-state index in [1.807, 2.05) is 32.0 Å². The average molecular weight is 349 g/mol. The van der Waals surface area contributed by atoms with Crippen LogP contribution in [0.15, 0.2) is 23.1 Å². The molecule has 118 valence electrons. The van der Waals surface area contributed by atoms with Gasteiger partial charge in [-0.25, -0.2) is 0 Å². The third kappa shape index (κ3) is 6.07. The first-order valence-electron chi connectivity index (χ1n) is 7.02. The number of halogens is 2. The van der Waals surface area contributed by atoms with Gasteiger partial charge >= 0.3 is 0 Å². The van der Waals surface area contributed by atoms with E-state index in [1.54, 1.807) is 11.8 Å². The summed E-state index contributed by atoms with van der Waals surface area (Å²) in [5, 5.41) is 4.32. The first-order valence-corrected chi connectivity index (χ1v) is 8.76. The molecule has 0 fully saturated rings. The van der Waals surface area contributed by atoms with Crippen LogP contribution in [0, 0.1) is 0 Å². The Balaban J connectivity index is 2.33. The number of primary amides is 1. The molecule has 0 saturated carbocycles. The van der Waals surface area contributed by atoms with Gasteiger partial charge in [-0.1, -0.05) is 36.5 Å². The second-order valence-electron chi connectivity index (χ2n) is 5.11. The quantitative estimate of drug-likeness (QED) is 0.521. The highest BCUT2D eigenvalue weighted by Crippen LogP contribution is 2.28. The zero-order chi connectivity index (χ0) is 15.9. The number of amides is 1. The Kier molecular flexibility index (Phi) is 7.88. The summed E-state index contributed by atoms with van der Waals surface area (Å²) in [6.45, 7) is 4.57. The Hall–Kier alpha value is -0.420. The molecular formula is C15H22Cl2N2OS. The zero-order valence-corrected chi connectivity index (χ0v) is 14.7. The fourth-order valence-electron chi connectivity index (χ4n) is 2.03. The highest BCUT2D eigenvalue weighted by Gasteiger charge is 2.28. The number of nitrogens with two attached hydrogens (primary N) is 1. The molecule has 0 radical (unpaired) electrons.